The molecule has 1 atom stereocenters. The molecule has 0 bridgehead atoms. The van der Waals surface area contributed by atoms with E-state index in [0.717, 1.165) is 17.1 Å². The molecule has 0 saturated carbocycles. The summed E-state index contributed by atoms with van der Waals surface area (Å²) in [6.45, 7) is 0.895. The molecule has 1 aromatic rings. The summed E-state index contributed by atoms with van der Waals surface area (Å²) >= 11 is 0. The van der Waals surface area contributed by atoms with Gasteiger partial charge in [-0.15, -0.1) is 0 Å². The zero-order valence-electron chi connectivity index (χ0n) is 8.82. The highest BCUT2D eigenvalue weighted by Crippen LogP contribution is 2.19. The van der Waals surface area contributed by atoms with E-state index in [4.69, 9.17) is 0 Å². The third kappa shape index (κ3) is 2.58. The first-order valence-corrected chi connectivity index (χ1v) is 6.60. The topological polar surface area (TPSA) is 64.3 Å². The first kappa shape index (κ1) is 11.5. The third-order valence-electron chi connectivity index (χ3n) is 2.81. The highest BCUT2D eigenvalue weighted by molar-refractivity contribution is 7.83. The van der Waals surface area contributed by atoms with Crippen LogP contribution in [0.3, 0.4) is 0 Å². The maximum atomic E-state index is 11.0. The SMILES string of the molecule is O=S(=O)([O-])N1CCC[C@H]1C[n+]1ccccc1. The summed E-state index contributed by atoms with van der Waals surface area (Å²) < 4.78 is 35.9. The molecule has 0 unspecified atom stereocenters. The second kappa shape index (κ2) is 4.48. The Balaban J connectivity index is 2.11. The Kier molecular flexibility index (Phi) is 3.22. The lowest BCUT2D eigenvalue weighted by Crippen LogP contribution is -2.46. The van der Waals surface area contributed by atoms with Crippen LogP contribution in [-0.4, -0.2) is 29.9 Å². The van der Waals surface area contributed by atoms with E-state index in [0.29, 0.717) is 13.1 Å². The van der Waals surface area contributed by atoms with E-state index in [2.05, 4.69) is 0 Å². The molecule has 0 radical (unpaired) electrons. The molecule has 0 spiro atoms. The fourth-order valence-electron chi connectivity index (χ4n) is 2.09. The van der Waals surface area contributed by atoms with Crippen molar-refractivity contribution in [2.24, 2.45) is 0 Å². The average Bonchev–Trinajstić information content (AvgIpc) is 2.67. The fourth-order valence-corrected chi connectivity index (χ4v) is 2.98. The molecule has 2 heterocycles. The predicted molar refractivity (Wildman–Crippen MR) is 56.1 cm³/mol. The maximum Gasteiger partial charge on any atom is 0.168 e. The lowest BCUT2D eigenvalue weighted by Gasteiger charge is -2.24. The molecule has 0 amide bonds. The Morgan fingerprint density at radius 3 is 2.62 bits per heavy atom. The molecule has 0 aromatic carbocycles. The van der Waals surface area contributed by atoms with Gasteiger partial charge in [-0.05, 0) is 12.8 Å². The van der Waals surface area contributed by atoms with Crippen LogP contribution in [0.15, 0.2) is 30.6 Å². The molecule has 88 valence electrons. The van der Waals surface area contributed by atoms with Gasteiger partial charge in [-0.2, -0.15) is 0 Å². The molecule has 16 heavy (non-hydrogen) atoms. The van der Waals surface area contributed by atoms with Gasteiger partial charge in [-0.1, -0.05) is 6.07 Å². The van der Waals surface area contributed by atoms with Crippen molar-refractivity contribution < 1.29 is 17.5 Å². The van der Waals surface area contributed by atoms with Crippen molar-refractivity contribution in [3.8, 4) is 0 Å². The number of rotatable bonds is 3. The molecule has 0 N–H and O–H groups in total. The zero-order chi connectivity index (χ0) is 11.6. The Morgan fingerprint density at radius 2 is 2.00 bits per heavy atom. The number of hydrogen-bond acceptors (Lipinski definition) is 3. The van der Waals surface area contributed by atoms with Crippen LogP contribution in [0.2, 0.25) is 0 Å². The van der Waals surface area contributed by atoms with Crippen LogP contribution >= 0.6 is 0 Å². The van der Waals surface area contributed by atoms with Gasteiger partial charge in [-0.3, -0.25) is 0 Å². The lowest BCUT2D eigenvalue weighted by atomic mass is 10.2. The van der Waals surface area contributed by atoms with E-state index in [-0.39, 0.29) is 6.04 Å². The van der Waals surface area contributed by atoms with E-state index in [1.165, 1.54) is 0 Å². The molecule has 2 rings (SSSR count). The van der Waals surface area contributed by atoms with Crippen molar-refractivity contribution >= 4 is 10.3 Å². The molecule has 1 saturated heterocycles. The van der Waals surface area contributed by atoms with Gasteiger partial charge >= 0.3 is 0 Å². The van der Waals surface area contributed by atoms with Crippen molar-refractivity contribution in [2.45, 2.75) is 25.4 Å². The Hall–Kier alpha value is -0.980. The first-order valence-electron chi connectivity index (χ1n) is 5.24. The fraction of sp³-hybridized carbons (Fsp3) is 0.500. The largest absolute Gasteiger partial charge is 0.735 e. The van der Waals surface area contributed by atoms with Crippen LogP contribution in [0.1, 0.15) is 12.8 Å². The van der Waals surface area contributed by atoms with Crippen molar-refractivity contribution in [1.29, 1.82) is 0 Å². The maximum absolute atomic E-state index is 11.0. The van der Waals surface area contributed by atoms with E-state index in [1.807, 2.05) is 35.2 Å². The summed E-state index contributed by atoms with van der Waals surface area (Å²) in [6.07, 6.45) is 5.25. The van der Waals surface area contributed by atoms with E-state index < -0.39 is 10.3 Å². The summed E-state index contributed by atoms with van der Waals surface area (Å²) in [6, 6.07) is 5.46. The molecule has 1 aliphatic heterocycles. The second-order valence-electron chi connectivity index (χ2n) is 3.94. The minimum Gasteiger partial charge on any atom is -0.735 e. The smallest absolute Gasteiger partial charge is 0.168 e. The van der Waals surface area contributed by atoms with Crippen LogP contribution in [0.25, 0.3) is 0 Å². The van der Waals surface area contributed by atoms with Crippen LogP contribution in [0, 0.1) is 0 Å². The molecule has 1 fully saturated rings. The van der Waals surface area contributed by atoms with Crippen molar-refractivity contribution in [3.05, 3.63) is 30.6 Å². The summed E-state index contributed by atoms with van der Waals surface area (Å²) in [5.41, 5.74) is 0. The predicted octanol–water partition coefficient (Wildman–Crippen LogP) is -0.101. The van der Waals surface area contributed by atoms with E-state index >= 15 is 0 Å². The minimum absolute atomic E-state index is 0.199. The Bertz CT molecular complexity index is 446. The molecule has 0 aliphatic carbocycles. The standard InChI is InChI=1S/C10H14N2O3S/c13-16(14,15)12-8-4-5-10(12)9-11-6-2-1-3-7-11/h1-3,6-7,10H,4-5,8-9H2/t10-/m0/s1. The number of nitrogens with zero attached hydrogens (tertiary/aromatic N) is 2. The summed E-state index contributed by atoms with van der Waals surface area (Å²) in [5, 5.41) is 0. The minimum atomic E-state index is -4.30. The van der Waals surface area contributed by atoms with Gasteiger partial charge in [0.15, 0.2) is 29.2 Å². The third-order valence-corrected chi connectivity index (χ3v) is 3.86. The Morgan fingerprint density at radius 1 is 1.31 bits per heavy atom. The van der Waals surface area contributed by atoms with Crippen LogP contribution < -0.4 is 4.57 Å². The van der Waals surface area contributed by atoms with Crippen molar-refractivity contribution in [2.75, 3.05) is 6.54 Å². The van der Waals surface area contributed by atoms with E-state index in [9.17, 15) is 13.0 Å². The van der Waals surface area contributed by atoms with Gasteiger partial charge in [0, 0.05) is 18.7 Å². The molecule has 1 aromatic heterocycles. The van der Waals surface area contributed by atoms with Gasteiger partial charge < -0.3 is 4.55 Å². The van der Waals surface area contributed by atoms with Crippen LogP contribution in [0.4, 0.5) is 0 Å². The van der Waals surface area contributed by atoms with Gasteiger partial charge in [0.2, 0.25) is 0 Å². The van der Waals surface area contributed by atoms with Gasteiger partial charge in [0.25, 0.3) is 0 Å². The highest BCUT2D eigenvalue weighted by Gasteiger charge is 2.31. The van der Waals surface area contributed by atoms with Crippen molar-refractivity contribution in [1.82, 2.24) is 4.31 Å². The van der Waals surface area contributed by atoms with Gasteiger partial charge in [0.1, 0.15) is 0 Å². The van der Waals surface area contributed by atoms with Gasteiger partial charge in [0.05, 0.1) is 6.04 Å². The first-order chi connectivity index (χ1) is 7.57. The zero-order valence-corrected chi connectivity index (χ0v) is 9.64. The molecular weight excluding hydrogens is 228 g/mol. The lowest BCUT2D eigenvalue weighted by molar-refractivity contribution is -0.700. The average molecular weight is 242 g/mol. The van der Waals surface area contributed by atoms with Crippen LogP contribution in [-0.2, 0) is 16.8 Å². The quantitative estimate of drug-likeness (QED) is 0.549. The van der Waals surface area contributed by atoms with E-state index in [1.54, 1.807) is 0 Å². The molecule has 6 heteroatoms. The highest BCUT2D eigenvalue weighted by atomic mass is 32.2. The van der Waals surface area contributed by atoms with Crippen LogP contribution in [0.5, 0.6) is 0 Å². The summed E-state index contributed by atoms with van der Waals surface area (Å²) in [5.74, 6) is 0. The number of hydrogen-bond donors (Lipinski definition) is 0. The number of pyridine rings is 1. The monoisotopic (exact) mass is 242 g/mol. The summed E-state index contributed by atoms with van der Waals surface area (Å²) in [7, 11) is -4.30. The molecule has 1 aliphatic rings. The molecular formula is C10H14N2O3S. The molecule has 5 nitrogen and oxygen atoms in total. The summed E-state index contributed by atoms with van der Waals surface area (Å²) in [4.78, 5) is 0. The normalized spacial score (nSPS) is 22.4. The van der Waals surface area contributed by atoms with Crippen molar-refractivity contribution in [3.63, 3.8) is 0 Å². The number of aromatic nitrogens is 1. The Labute approximate surface area is 95.2 Å². The second-order valence-corrected chi connectivity index (χ2v) is 5.26. The van der Waals surface area contributed by atoms with Gasteiger partial charge in [-0.25, -0.2) is 17.3 Å².